The second-order valence-corrected chi connectivity index (χ2v) is 8.03. The molecule has 0 aliphatic heterocycles. The summed E-state index contributed by atoms with van der Waals surface area (Å²) in [5.74, 6) is 0.370. The highest BCUT2D eigenvalue weighted by Crippen LogP contribution is 2.29. The first-order valence-electron chi connectivity index (χ1n) is 6.77. The summed E-state index contributed by atoms with van der Waals surface area (Å²) < 4.78 is 28.6. The van der Waals surface area contributed by atoms with Crippen molar-refractivity contribution < 1.29 is 13.5 Å². The van der Waals surface area contributed by atoms with Crippen LogP contribution in [0, 0.1) is 12.8 Å². The summed E-state index contributed by atoms with van der Waals surface area (Å²) in [6, 6.07) is 3.30. The first kappa shape index (κ1) is 15.9. The van der Waals surface area contributed by atoms with E-state index in [1.807, 2.05) is 0 Å². The second-order valence-electron chi connectivity index (χ2n) is 5.49. The number of sulfonamides is 1. The van der Waals surface area contributed by atoms with Crippen LogP contribution < -0.4 is 4.72 Å². The first-order valence-corrected chi connectivity index (χ1v) is 9.05. The van der Waals surface area contributed by atoms with Crippen molar-refractivity contribution in [1.82, 2.24) is 4.72 Å². The van der Waals surface area contributed by atoms with Gasteiger partial charge in [0.25, 0.3) is 0 Å². The van der Waals surface area contributed by atoms with Crippen LogP contribution >= 0.6 is 15.9 Å². The number of halogens is 1. The van der Waals surface area contributed by atoms with E-state index in [2.05, 4.69) is 27.6 Å². The van der Waals surface area contributed by atoms with Crippen LogP contribution in [0.5, 0.6) is 0 Å². The molecule has 1 aliphatic carbocycles. The van der Waals surface area contributed by atoms with Crippen molar-refractivity contribution in [3.63, 3.8) is 0 Å². The van der Waals surface area contributed by atoms with E-state index >= 15 is 0 Å². The molecule has 0 spiro atoms. The van der Waals surface area contributed by atoms with Crippen LogP contribution in [0.15, 0.2) is 21.5 Å². The lowest BCUT2D eigenvalue weighted by atomic mass is 10.1. The highest BCUT2D eigenvalue weighted by atomic mass is 79.9. The number of benzene rings is 1. The highest BCUT2D eigenvalue weighted by molar-refractivity contribution is 9.10. The maximum atomic E-state index is 12.6. The van der Waals surface area contributed by atoms with E-state index < -0.39 is 10.0 Å². The van der Waals surface area contributed by atoms with Gasteiger partial charge in [-0.3, -0.25) is 0 Å². The van der Waals surface area contributed by atoms with Crippen LogP contribution in [0.1, 0.15) is 37.3 Å². The van der Waals surface area contributed by atoms with Crippen molar-refractivity contribution >= 4 is 26.0 Å². The lowest BCUT2D eigenvalue weighted by molar-refractivity contribution is 0.281. The molecule has 2 rings (SSSR count). The molecule has 0 radical (unpaired) electrons. The largest absolute Gasteiger partial charge is 0.392 e. The van der Waals surface area contributed by atoms with Crippen LogP contribution in [0.4, 0.5) is 0 Å². The lowest BCUT2D eigenvalue weighted by Gasteiger charge is -2.19. The van der Waals surface area contributed by atoms with E-state index in [1.165, 1.54) is 0 Å². The van der Waals surface area contributed by atoms with Gasteiger partial charge in [-0.2, -0.15) is 0 Å². The molecule has 1 aromatic carbocycles. The molecule has 0 saturated heterocycles. The van der Waals surface area contributed by atoms with E-state index in [9.17, 15) is 13.5 Å². The van der Waals surface area contributed by atoms with Gasteiger partial charge in [-0.25, -0.2) is 13.1 Å². The molecule has 2 unspecified atom stereocenters. The van der Waals surface area contributed by atoms with Crippen molar-refractivity contribution in [3.05, 3.63) is 27.7 Å². The smallest absolute Gasteiger partial charge is 0.241 e. The molecule has 20 heavy (non-hydrogen) atoms. The summed E-state index contributed by atoms with van der Waals surface area (Å²) in [7, 11) is -3.55. The molecule has 1 aliphatic rings. The Kier molecular flexibility index (Phi) is 4.89. The molecular weight excluding hydrogens is 342 g/mol. The summed E-state index contributed by atoms with van der Waals surface area (Å²) in [6.45, 7) is 3.66. The molecule has 4 nitrogen and oxygen atoms in total. The monoisotopic (exact) mass is 361 g/mol. The predicted octanol–water partition coefficient (Wildman–Crippen LogP) is 2.72. The summed E-state index contributed by atoms with van der Waals surface area (Å²) in [5.41, 5.74) is 1.25. The summed E-state index contributed by atoms with van der Waals surface area (Å²) >= 11 is 3.35. The van der Waals surface area contributed by atoms with Gasteiger partial charge in [0.05, 0.1) is 11.5 Å². The normalized spacial score (nSPS) is 23.2. The van der Waals surface area contributed by atoms with Crippen LogP contribution in [0.2, 0.25) is 0 Å². The quantitative estimate of drug-likeness (QED) is 0.866. The van der Waals surface area contributed by atoms with Gasteiger partial charge in [0, 0.05) is 10.5 Å². The molecule has 1 saturated carbocycles. The van der Waals surface area contributed by atoms with Crippen molar-refractivity contribution in [1.29, 1.82) is 0 Å². The minimum absolute atomic E-state index is 0.0101. The molecule has 0 bridgehead atoms. The molecule has 2 atom stereocenters. The summed E-state index contributed by atoms with van der Waals surface area (Å²) in [6.07, 6.45) is 3.01. The molecular formula is C14H20BrNO3S. The zero-order chi connectivity index (χ0) is 14.9. The van der Waals surface area contributed by atoms with Gasteiger partial charge in [0.15, 0.2) is 0 Å². The fourth-order valence-electron chi connectivity index (χ4n) is 2.66. The van der Waals surface area contributed by atoms with Crippen molar-refractivity contribution in [2.45, 2.75) is 50.7 Å². The SMILES string of the molecule is Cc1c(Br)cc(CO)cc1S(=O)(=O)NC1CCCC1C. The summed E-state index contributed by atoms with van der Waals surface area (Å²) in [4.78, 5) is 0.245. The van der Waals surface area contributed by atoms with Gasteiger partial charge in [0.2, 0.25) is 10.0 Å². The topological polar surface area (TPSA) is 66.4 Å². The van der Waals surface area contributed by atoms with Gasteiger partial charge in [0.1, 0.15) is 0 Å². The van der Waals surface area contributed by atoms with E-state index in [4.69, 9.17) is 0 Å². The fourth-order valence-corrected chi connectivity index (χ4v) is 4.99. The van der Waals surface area contributed by atoms with Gasteiger partial charge in [-0.1, -0.05) is 29.3 Å². The molecule has 1 fully saturated rings. The Bertz CT molecular complexity index is 601. The third-order valence-corrected chi connectivity index (χ3v) is 6.44. The Balaban J connectivity index is 2.36. The average Bonchev–Trinajstić information content (AvgIpc) is 2.77. The van der Waals surface area contributed by atoms with Crippen LogP contribution in [0.3, 0.4) is 0 Å². The molecule has 1 aromatic rings. The number of aliphatic hydroxyl groups is 1. The minimum atomic E-state index is -3.55. The van der Waals surface area contributed by atoms with Gasteiger partial charge < -0.3 is 5.11 Å². The predicted molar refractivity (Wildman–Crippen MR) is 81.9 cm³/mol. The summed E-state index contributed by atoms with van der Waals surface area (Å²) in [5, 5.41) is 9.23. The molecule has 0 heterocycles. The first-order chi connectivity index (χ1) is 9.35. The van der Waals surface area contributed by atoms with E-state index in [0.717, 1.165) is 19.3 Å². The highest BCUT2D eigenvalue weighted by Gasteiger charge is 2.29. The van der Waals surface area contributed by atoms with Crippen molar-refractivity contribution in [3.8, 4) is 0 Å². The Morgan fingerprint density at radius 1 is 1.40 bits per heavy atom. The lowest BCUT2D eigenvalue weighted by Crippen LogP contribution is -2.36. The molecule has 6 heteroatoms. The van der Waals surface area contributed by atoms with Crippen molar-refractivity contribution in [2.24, 2.45) is 5.92 Å². The standard InChI is InChI=1S/C14H20BrNO3S/c1-9-4-3-5-13(9)16-20(18,19)14-7-11(8-17)6-12(15)10(14)2/h6-7,9,13,16-17H,3-5,8H2,1-2H3. The number of aliphatic hydroxyl groups excluding tert-OH is 1. The van der Waals surface area contributed by atoms with Gasteiger partial charge in [-0.05, 0) is 48.9 Å². The third-order valence-electron chi connectivity index (χ3n) is 4.00. The Labute approximate surface area is 128 Å². The van der Waals surface area contributed by atoms with Crippen LogP contribution in [-0.2, 0) is 16.6 Å². The zero-order valence-corrected chi connectivity index (χ0v) is 14.1. The minimum Gasteiger partial charge on any atom is -0.392 e. The number of nitrogens with one attached hydrogen (secondary N) is 1. The second kappa shape index (κ2) is 6.13. The number of hydrogen-bond acceptors (Lipinski definition) is 3. The maximum Gasteiger partial charge on any atom is 0.241 e. The number of hydrogen-bond donors (Lipinski definition) is 2. The average molecular weight is 362 g/mol. The molecule has 2 N–H and O–H groups in total. The van der Waals surface area contributed by atoms with E-state index in [-0.39, 0.29) is 17.5 Å². The molecule has 0 amide bonds. The molecule has 112 valence electrons. The van der Waals surface area contributed by atoms with E-state index in [1.54, 1.807) is 19.1 Å². The third kappa shape index (κ3) is 3.24. The van der Waals surface area contributed by atoms with Crippen LogP contribution in [0.25, 0.3) is 0 Å². The van der Waals surface area contributed by atoms with Crippen molar-refractivity contribution in [2.75, 3.05) is 0 Å². The maximum absolute atomic E-state index is 12.6. The fraction of sp³-hybridized carbons (Fsp3) is 0.571. The van der Waals surface area contributed by atoms with E-state index in [0.29, 0.717) is 21.5 Å². The van der Waals surface area contributed by atoms with Gasteiger partial charge >= 0.3 is 0 Å². The van der Waals surface area contributed by atoms with Gasteiger partial charge in [-0.15, -0.1) is 0 Å². The Hall–Kier alpha value is -0.430. The molecule has 0 aromatic heterocycles. The Morgan fingerprint density at radius 2 is 2.10 bits per heavy atom. The number of rotatable bonds is 4. The Morgan fingerprint density at radius 3 is 2.65 bits per heavy atom. The van der Waals surface area contributed by atoms with Crippen LogP contribution in [-0.4, -0.2) is 19.6 Å². The zero-order valence-electron chi connectivity index (χ0n) is 11.7.